The van der Waals surface area contributed by atoms with Gasteiger partial charge in [0.2, 0.25) is 0 Å². The number of nitrogens with zero attached hydrogens (tertiary/aromatic N) is 1. The third kappa shape index (κ3) is 3.51. The largest absolute Gasteiger partial charge is 0.394 e. The first-order chi connectivity index (χ1) is 8.35. The quantitative estimate of drug-likeness (QED) is 0.818. The van der Waals surface area contributed by atoms with Crippen molar-refractivity contribution in [3.8, 4) is 0 Å². The van der Waals surface area contributed by atoms with Crippen molar-refractivity contribution in [2.75, 3.05) is 13.2 Å². The molecule has 0 atom stereocenters. The molecule has 17 heavy (non-hydrogen) atoms. The summed E-state index contributed by atoms with van der Waals surface area (Å²) in [5, 5.41) is 13.1. The van der Waals surface area contributed by atoms with Crippen molar-refractivity contribution >= 4 is 0 Å². The van der Waals surface area contributed by atoms with Crippen LogP contribution in [0.25, 0.3) is 0 Å². The van der Waals surface area contributed by atoms with Gasteiger partial charge in [0, 0.05) is 17.9 Å². The topological polar surface area (TPSA) is 45.1 Å². The summed E-state index contributed by atoms with van der Waals surface area (Å²) in [6, 6.07) is 4.07. The van der Waals surface area contributed by atoms with E-state index in [1.807, 2.05) is 12.3 Å². The number of pyridine rings is 1. The van der Waals surface area contributed by atoms with Crippen molar-refractivity contribution in [3.63, 3.8) is 0 Å². The van der Waals surface area contributed by atoms with Gasteiger partial charge in [-0.2, -0.15) is 0 Å². The van der Waals surface area contributed by atoms with Gasteiger partial charge >= 0.3 is 0 Å². The van der Waals surface area contributed by atoms with Crippen LogP contribution in [-0.2, 0) is 6.42 Å². The summed E-state index contributed by atoms with van der Waals surface area (Å²) in [6.45, 7) is 1.19. The minimum absolute atomic E-state index is 0.0134. The van der Waals surface area contributed by atoms with E-state index in [1.54, 1.807) is 6.20 Å². The van der Waals surface area contributed by atoms with Crippen LogP contribution in [0.15, 0.2) is 24.5 Å². The van der Waals surface area contributed by atoms with Crippen LogP contribution in [0.2, 0.25) is 0 Å². The molecule has 0 amide bonds. The minimum Gasteiger partial charge on any atom is -0.394 e. The van der Waals surface area contributed by atoms with E-state index in [0.717, 1.165) is 25.8 Å². The Bertz CT molecular complexity index is 320. The van der Waals surface area contributed by atoms with Crippen molar-refractivity contribution in [2.24, 2.45) is 0 Å². The van der Waals surface area contributed by atoms with Gasteiger partial charge in [0.1, 0.15) is 0 Å². The molecule has 0 spiro atoms. The first-order valence-corrected chi connectivity index (χ1v) is 6.59. The van der Waals surface area contributed by atoms with E-state index in [9.17, 15) is 5.11 Å². The zero-order chi connectivity index (χ0) is 12.0. The molecule has 0 radical (unpaired) electrons. The predicted octanol–water partition coefficient (Wildman–Crippen LogP) is 1.91. The number of hydrogen-bond donors (Lipinski definition) is 2. The molecule has 1 aromatic heterocycles. The van der Waals surface area contributed by atoms with E-state index in [1.165, 1.54) is 24.8 Å². The van der Waals surface area contributed by atoms with Crippen LogP contribution in [0, 0.1) is 0 Å². The van der Waals surface area contributed by atoms with Crippen molar-refractivity contribution in [1.82, 2.24) is 10.3 Å². The molecule has 1 aliphatic rings. The summed E-state index contributed by atoms with van der Waals surface area (Å²) in [4.78, 5) is 4.11. The molecule has 0 saturated heterocycles. The second kappa shape index (κ2) is 6.12. The lowest BCUT2D eigenvalue weighted by atomic mass is 9.82. The molecule has 0 bridgehead atoms. The van der Waals surface area contributed by atoms with Crippen LogP contribution >= 0.6 is 0 Å². The lowest BCUT2D eigenvalue weighted by Gasteiger charge is -2.36. The Hall–Kier alpha value is -0.930. The van der Waals surface area contributed by atoms with Gasteiger partial charge in [-0.25, -0.2) is 0 Å². The third-order valence-corrected chi connectivity index (χ3v) is 3.75. The van der Waals surface area contributed by atoms with Crippen LogP contribution in [0.1, 0.15) is 37.7 Å². The van der Waals surface area contributed by atoms with Crippen LogP contribution < -0.4 is 5.32 Å². The molecule has 1 fully saturated rings. The van der Waals surface area contributed by atoms with Gasteiger partial charge < -0.3 is 10.4 Å². The summed E-state index contributed by atoms with van der Waals surface area (Å²) in [7, 11) is 0. The lowest BCUT2D eigenvalue weighted by Crippen LogP contribution is -2.50. The molecule has 3 nitrogen and oxygen atoms in total. The molecule has 0 aliphatic heterocycles. The van der Waals surface area contributed by atoms with Crippen LogP contribution in [0.4, 0.5) is 0 Å². The fourth-order valence-corrected chi connectivity index (χ4v) is 2.64. The Morgan fingerprint density at radius 1 is 1.29 bits per heavy atom. The Labute approximate surface area is 103 Å². The highest BCUT2D eigenvalue weighted by Crippen LogP contribution is 2.27. The number of hydrogen-bond acceptors (Lipinski definition) is 3. The molecule has 1 aromatic rings. The second-order valence-corrected chi connectivity index (χ2v) is 5.04. The Morgan fingerprint density at radius 3 is 2.76 bits per heavy atom. The Morgan fingerprint density at radius 2 is 2.12 bits per heavy atom. The van der Waals surface area contributed by atoms with Gasteiger partial charge in [-0.05, 0) is 37.4 Å². The smallest absolute Gasteiger partial charge is 0.0613 e. The van der Waals surface area contributed by atoms with Gasteiger partial charge in [-0.3, -0.25) is 4.98 Å². The molecule has 0 aromatic carbocycles. The van der Waals surface area contributed by atoms with Crippen molar-refractivity contribution < 1.29 is 5.11 Å². The Balaban J connectivity index is 1.80. The SMILES string of the molecule is OCC1(NCCc2cccnc2)CCCCC1. The maximum atomic E-state index is 9.56. The molecule has 2 rings (SSSR count). The van der Waals surface area contributed by atoms with E-state index in [0.29, 0.717) is 0 Å². The van der Waals surface area contributed by atoms with Crippen molar-refractivity contribution in [2.45, 2.75) is 44.1 Å². The summed E-state index contributed by atoms with van der Waals surface area (Å²) in [6.07, 6.45) is 10.7. The number of rotatable bonds is 5. The highest BCUT2D eigenvalue weighted by atomic mass is 16.3. The zero-order valence-corrected chi connectivity index (χ0v) is 10.4. The molecule has 94 valence electrons. The van der Waals surface area contributed by atoms with E-state index < -0.39 is 0 Å². The van der Waals surface area contributed by atoms with Crippen molar-refractivity contribution in [1.29, 1.82) is 0 Å². The van der Waals surface area contributed by atoms with Gasteiger partial charge in [0.25, 0.3) is 0 Å². The van der Waals surface area contributed by atoms with E-state index in [4.69, 9.17) is 0 Å². The molecule has 3 heteroatoms. The molecule has 2 N–H and O–H groups in total. The first-order valence-electron chi connectivity index (χ1n) is 6.59. The standard InChI is InChI=1S/C14H22N2O/c17-12-14(7-2-1-3-8-14)16-10-6-13-5-4-9-15-11-13/h4-5,9,11,16-17H,1-3,6-8,10,12H2. The van der Waals surface area contributed by atoms with E-state index in [-0.39, 0.29) is 12.1 Å². The first kappa shape index (κ1) is 12.5. The van der Waals surface area contributed by atoms with Gasteiger partial charge in [-0.15, -0.1) is 0 Å². The van der Waals surface area contributed by atoms with Crippen LogP contribution in [-0.4, -0.2) is 28.8 Å². The fourth-order valence-electron chi connectivity index (χ4n) is 2.64. The Kier molecular flexibility index (Phi) is 4.51. The van der Waals surface area contributed by atoms with Crippen LogP contribution in [0.5, 0.6) is 0 Å². The minimum atomic E-state index is -0.0134. The normalized spacial score (nSPS) is 19.1. The highest BCUT2D eigenvalue weighted by molar-refractivity contribution is 5.09. The number of aliphatic hydroxyl groups is 1. The fraction of sp³-hybridized carbons (Fsp3) is 0.643. The summed E-state index contributed by atoms with van der Waals surface area (Å²) < 4.78 is 0. The molecular weight excluding hydrogens is 212 g/mol. The average molecular weight is 234 g/mol. The van der Waals surface area contributed by atoms with Crippen LogP contribution in [0.3, 0.4) is 0 Å². The van der Waals surface area contributed by atoms with Crippen molar-refractivity contribution in [3.05, 3.63) is 30.1 Å². The number of nitrogens with one attached hydrogen (secondary N) is 1. The van der Waals surface area contributed by atoms with Gasteiger partial charge in [0.15, 0.2) is 0 Å². The number of aromatic nitrogens is 1. The van der Waals surface area contributed by atoms with Gasteiger partial charge in [-0.1, -0.05) is 25.3 Å². The second-order valence-electron chi connectivity index (χ2n) is 5.04. The molecule has 1 aliphatic carbocycles. The number of aliphatic hydroxyl groups excluding tert-OH is 1. The predicted molar refractivity (Wildman–Crippen MR) is 68.8 cm³/mol. The summed E-state index contributed by atoms with van der Waals surface area (Å²) in [5.41, 5.74) is 1.24. The third-order valence-electron chi connectivity index (χ3n) is 3.75. The van der Waals surface area contributed by atoms with E-state index >= 15 is 0 Å². The maximum absolute atomic E-state index is 9.56. The highest BCUT2D eigenvalue weighted by Gasteiger charge is 2.30. The molecule has 0 unspecified atom stereocenters. The zero-order valence-electron chi connectivity index (χ0n) is 10.4. The summed E-state index contributed by atoms with van der Waals surface area (Å²) in [5.74, 6) is 0. The van der Waals surface area contributed by atoms with E-state index in [2.05, 4.69) is 16.4 Å². The molecule has 1 saturated carbocycles. The molecular formula is C14H22N2O. The average Bonchev–Trinajstić information content (AvgIpc) is 2.41. The molecule has 1 heterocycles. The maximum Gasteiger partial charge on any atom is 0.0613 e. The summed E-state index contributed by atoms with van der Waals surface area (Å²) >= 11 is 0. The van der Waals surface area contributed by atoms with Gasteiger partial charge in [0.05, 0.1) is 6.61 Å². The lowest BCUT2D eigenvalue weighted by molar-refractivity contribution is 0.122. The monoisotopic (exact) mass is 234 g/mol.